The number of hydrogen-bond acceptors (Lipinski definition) is 6. The minimum atomic E-state index is -1.04. The van der Waals surface area contributed by atoms with Crippen molar-refractivity contribution >= 4 is 17.8 Å². The van der Waals surface area contributed by atoms with E-state index in [1.54, 1.807) is 6.92 Å². The summed E-state index contributed by atoms with van der Waals surface area (Å²) in [6.45, 7) is 9.45. The van der Waals surface area contributed by atoms with Gasteiger partial charge in [-0.2, -0.15) is 0 Å². The van der Waals surface area contributed by atoms with Crippen LogP contribution in [0.3, 0.4) is 0 Å². The second-order valence-electron chi connectivity index (χ2n) is 9.18. The van der Waals surface area contributed by atoms with Gasteiger partial charge in [-0.25, -0.2) is 0 Å². The van der Waals surface area contributed by atoms with Gasteiger partial charge in [0.05, 0.1) is 37.2 Å². The number of esters is 1. The number of hydrogen-bond donors (Lipinski definition) is 2. The van der Waals surface area contributed by atoms with Crippen LogP contribution in [0, 0.1) is 17.8 Å². The average molecular weight is 411 g/mol. The molecular weight excluding hydrogens is 376 g/mol. The van der Waals surface area contributed by atoms with E-state index in [-0.39, 0.29) is 37.0 Å². The minimum absolute atomic E-state index is 0.105. The van der Waals surface area contributed by atoms with Gasteiger partial charge in [-0.1, -0.05) is 13.8 Å². The number of nitrogens with one attached hydrogen (secondary N) is 1. The van der Waals surface area contributed by atoms with E-state index in [4.69, 9.17) is 9.47 Å². The summed E-state index contributed by atoms with van der Waals surface area (Å²) in [5, 5.41) is 13.0. The lowest BCUT2D eigenvalue weighted by Gasteiger charge is -2.37. The first-order chi connectivity index (χ1) is 13.7. The van der Waals surface area contributed by atoms with Gasteiger partial charge in [0.25, 0.3) is 0 Å². The number of fused-ring (bicyclic) bond motifs is 1. The van der Waals surface area contributed by atoms with E-state index in [0.29, 0.717) is 19.3 Å². The molecule has 6 atom stereocenters. The first-order valence-corrected chi connectivity index (χ1v) is 10.8. The maximum absolute atomic E-state index is 13.6. The van der Waals surface area contributed by atoms with Crippen molar-refractivity contribution in [2.24, 2.45) is 17.8 Å². The highest BCUT2D eigenvalue weighted by molar-refractivity contribution is 5.98. The third-order valence-corrected chi connectivity index (χ3v) is 6.32. The fourth-order valence-corrected chi connectivity index (χ4v) is 5.47. The van der Waals surface area contributed by atoms with Crippen LogP contribution in [-0.4, -0.2) is 70.8 Å². The number of rotatable bonds is 8. The molecular formula is C21H34N2O6. The van der Waals surface area contributed by atoms with Crippen LogP contribution < -0.4 is 5.32 Å². The Bertz CT molecular complexity index is 666. The maximum atomic E-state index is 13.6. The standard InChI is InChI=1S/C21H34N2O6/c1-6-28-20(27)15-14-7-8-21(29-14)16(15)19(26)23(13(10-24)9-11(2)3)17(21)18(25)22-12(4)5/h11-17,24H,6-10H2,1-5H3,(H,22,25)/t13-,14+,15-,16+,17?,21?/m1/s1. The number of carbonyl (C=O) groups excluding carboxylic acids is 3. The monoisotopic (exact) mass is 410 g/mol. The van der Waals surface area contributed by atoms with Crippen molar-refractivity contribution in [2.45, 2.75) is 83.7 Å². The summed E-state index contributed by atoms with van der Waals surface area (Å²) in [6, 6.07) is -1.47. The second kappa shape index (κ2) is 8.22. The molecule has 3 aliphatic rings. The number of aliphatic hydroxyl groups is 1. The third-order valence-electron chi connectivity index (χ3n) is 6.32. The summed E-state index contributed by atoms with van der Waals surface area (Å²) < 4.78 is 11.5. The molecule has 164 valence electrons. The summed E-state index contributed by atoms with van der Waals surface area (Å²) in [4.78, 5) is 41.1. The molecule has 8 nitrogen and oxygen atoms in total. The van der Waals surface area contributed by atoms with Crippen molar-refractivity contribution in [1.29, 1.82) is 0 Å². The Kier molecular flexibility index (Phi) is 6.24. The molecule has 3 heterocycles. The predicted molar refractivity (Wildman–Crippen MR) is 105 cm³/mol. The first-order valence-electron chi connectivity index (χ1n) is 10.8. The number of ether oxygens (including phenoxy) is 2. The quantitative estimate of drug-likeness (QED) is 0.575. The zero-order valence-electron chi connectivity index (χ0n) is 18.0. The molecule has 0 radical (unpaired) electrons. The van der Waals surface area contributed by atoms with Crippen LogP contribution >= 0.6 is 0 Å². The number of amides is 2. The van der Waals surface area contributed by atoms with E-state index >= 15 is 0 Å². The Morgan fingerprint density at radius 3 is 2.59 bits per heavy atom. The van der Waals surface area contributed by atoms with E-state index in [1.807, 2.05) is 27.7 Å². The van der Waals surface area contributed by atoms with E-state index in [9.17, 15) is 19.5 Å². The summed E-state index contributed by atoms with van der Waals surface area (Å²) in [7, 11) is 0. The molecule has 1 spiro atoms. The molecule has 3 rings (SSSR count). The zero-order chi connectivity index (χ0) is 21.5. The van der Waals surface area contributed by atoms with Gasteiger partial charge >= 0.3 is 5.97 Å². The highest BCUT2D eigenvalue weighted by Gasteiger charge is 2.75. The van der Waals surface area contributed by atoms with Crippen molar-refractivity contribution in [3.05, 3.63) is 0 Å². The fraction of sp³-hybridized carbons (Fsp3) is 0.857. The summed E-state index contributed by atoms with van der Waals surface area (Å²) >= 11 is 0. The van der Waals surface area contributed by atoms with Gasteiger partial charge in [-0.3, -0.25) is 14.4 Å². The molecule has 3 saturated heterocycles. The Hall–Kier alpha value is -1.67. The van der Waals surface area contributed by atoms with Gasteiger partial charge in [-0.05, 0) is 46.0 Å². The van der Waals surface area contributed by atoms with Crippen molar-refractivity contribution in [3.63, 3.8) is 0 Å². The molecule has 0 aromatic carbocycles. The highest BCUT2D eigenvalue weighted by atomic mass is 16.6. The molecule has 2 unspecified atom stereocenters. The predicted octanol–water partition coefficient (Wildman–Crippen LogP) is 0.856. The Balaban J connectivity index is 2.04. The molecule has 3 fully saturated rings. The van der Waals surface area contributed by atoms with Crippen LogP contribution in [0.2, 0.25) is 0 Å². The van der Waals surface area contributed by atoms with Crippen molar-refractivity contribution in [3.8, 4) is 0 Å². The lowest BCUT2D eigenvalue weighted by molar-refractivity contribution is -0.155. The third kappa shape index (κ3) is 3.54. The number of aliphatic hydroxyl groups excluding tert-OH is 1. The van der Waals surface area contributed by atoms with Gasteiger partial charge in [0.15, 0.2) is 0 Å². The molecule has 0 aromatic rings. The largest absolute Gasteiger partial charge is 0.466 e. The van der Waals surface area contributed by atoms with Gasteiger partial charge in [0.2, 0.25) is 11.8 Å². The van der Waals surface area contributed by atoms with E-state index in [1.165, 1.54) is 4.90 Å². The van der Waals surface area contributed by atoms with Gasteiger partial charge in [-0.15, -0.1) is 0 Å². The van der Waals surface area contributed by atoms with Crippen LogP contribution in [0.4, 0.5) is 0 Å². The first kappa shape index (κ1) is 22.0. The normalized spacial score (nSPS) is 34.1. The molecule has 2 amide bonds. The molecule has 0 aromatic heterocycles. The van der Waals surface area contributed by atoms with Crippen LogP contribution in [0.5, 0.6) is 0 Å². The summed E-state index contributed by atoms with van der Waals surface area (Å²) in [5.41, 5.74) is -1.04. The maximum Gasteiger partial charge on any atom is 0.312 e. The molecule has 3 aliphatic heterocycles. The molecule has 8 heteroatoms. The second-order valence-corrected chi connectivity index (χ2v) is 9.18. The highest BCUT2D eigenvalue weighted by Crippen LogP contribution is 2.59. The summed E-state index contributed by atoms with van der Waals surface area (Å²) in [5.74, 6) is -2.23. The van der Waals surface area contributed by atoms with Gasteiger partial charge < -0.3 is 24.8 Å². The van der Waals surface area contributed by atoms with E-state index < -0.39 is 41.6 Å². The van der Waals surface area contributed by atoms with Crippen LogP contribution in [0.1, 0.15) is 53.9 Å². The number of carbonyl (C=O) groups is 3. The Labute approximate surface area is 172 Å². The Morgan fingerprint density at radius 2 is 2.03 bits per heavy atom. The van der Waals surface area contributed by atoms with Crippen LogP contribution in [0.25, 0.3) is 0 Å². The van der Waals surface area contributed by atoms with Gasteiger partial charge in [0.1, 0.15) is 11.6 Å². The number of nitrogens with zero attached hydrogens (tertiary/aromatic N) is 1. The summed E-state index contributed by atoms with van der Waals surface area (Å²) in [6.07, 6.45) is 1.30. The van der Waals surface area contributed by atoms with E-state index in [0.717, 1.165) is 0 Å². The molecule has 0 aliphatic carbocycles. The van der Waals surface area contributed by atoms with Crippen molar-refractivity contribution < 1.29 is 29.0 Å². The fourth-order valence-electron chi connectivity index (χ4n) is 5.47. The van der Waals surface area contributed by atoms with E-state index in [2.05, 4.69) is 5.32 Å². The Morgan fingerprint density at radius 1 is 1.34 bits per heavy atom. The average Bonchev–Trinajstić information content (AvgIpc) is 3.26. The molecule has 0 saturated carbocycles. The number of likely N-dealkylation sites (tertiary alicyclic amines) is 1. The zero-order valence-corrected chi connectivity index (χ0v) is 18.0. The smallest absolute Gasteiger partial charge is 0.312 e. The van der Waals surface area contributed by atoms with Crippen LogP contribution in [-0.2, 0) is 23.9 Å². The molecule has 2 N–H and O–H groups in total. The van der Waals surface area contributed by atoms with Crippen molar-refractivity contribution in [2.75, 3.05) is 13.2 Å². The lowest BCUT2D eigenvalue weighted by Crippen LogP contribution is -2.59. The van der Waals surface area contributed by atoms with Gasteiger partial charge in [0, 0.05) is 6.04 Å². The topological polar surface area (TPSA) is 105 Å². The molecule has 2 bridgehead atoms. The SMILES string of the molecule is CCOC(=O)[C@@H]1[C@@H]2CCC3(O2)C(C(=O)NC(C)C)N([C@@H](CO)CC(C)C)C(=O)[C@H]13. The minimum Gasteiger partial charge on any atom is -0.466 e. The lowest BCUT2D eigenvalue weighted by atomic mass is 9.70. The molecule has 29 heavy (non-hydrogen) atoms. The van der Waals surface area contributed by atoms with Crippen LogP contribution in [0.15, 0.2) is 0 Å². The van der Waals surface area contributed by atoms with Crippen molar-refractivity contribution in [1.82, 2.24) is 10.2 Å².